The Balaban J connectivity index is 1.82. The highest BCUT2D eigenvalue weighted by Crippen LogP contribution is 2.50. The molecule has 3 heteroatoms. The number of aromatic nitrogens is 1. The van der Waals surface area contributed by atoms with E-state index in [2.05, 4.69) is 37.9 Å². The van der Waals surface area contributed by atoms with E-state index in [4.69, 9.17) is 9.47 Å². The SMILES string of the molecule is CC(C)[C@]12C=C[C@](C)(O1)[C@H](Oc1ccccn1)C2. The van der Waals surface area contributed by atoms with Gasteiger partial charge in [-0.2, -0.15) is 0 Å². The summed E-state index contributed by atoms with van der Waals surface area (Å²) < 4.78 is 12.2. The zero-order valence-corrected chi connectivity index (χ0v) is 11.1. The van der Waals surface area contributed by atoms with Crippen LogP contribution in [0.5, 0.6) is 5.88 Å². The van der Waals surface area contributed by atoms with E-state index in [0.29, 0.717) is 11.8 Å². The van der Waals surface area contributed by atoms with Gasteiger partial charge in [0, 0.05) is 18.7 Å². The van der Waals surface area contributed by atoms with Gasteiger partial charge in [0.05, 0.1) is 5.60 Å². The van der Waals surface area contributed by atoms with E-state index in [0.717, 1.165) is 6.42 Å². The average molecular weight is 245 g/mol. The van der Waals surface area contributed by atoms with Crippen LogP contribution >= 0.6 is 0 Å². The standard InChI is InChI=1S/C15H19NO2/c1-11(2)15-8-7-14(3,18-15)12(10-15)17-13-6-4-5-9-16-13/h4-9,11-12H,10H2,1-3H3/t12-,14+,15-/m1/s1. The molecule has 3 atom stereocenters. The smallest absolute Gasteiger partial charge is 0.213 e. The van der Waals surface area contributed by atoms with Gasteiger partial charge >= 0.3 is 0 Å². The third kappa shape index (κ3) is 1.65. The van der Waals surface area contributed by atoms with Crippen molar-refractivity contribution in [3.05, 3.63) is 36.5 Å². The largest absolute Gasteiger partial charge is 0.471 e. The molecule has 0 radical (unpaired) electrons. The third-order valence-electron chi connectivity index (χ3n) is 4.13. The molecular weight excluding hydrogens is 226 g/mol. The summed E-state index contributed by atoms with van der Waals surface area (Å²) in [4.78, 5) is 4.22. The van der Waals surface area contributed by atoms with E-state index in [1.54, 1.807) is 6.20 Å². The van der Waals surface area contributed by atoms with Crippen molar-refractivity contribution >= 4 is 0 Å². The van der Waals surface area contributed by atoms with Crippen LogP contribution in [0, 0.1) is 5.92 Å². The summed E-state index contributed by atoms with van der Waals surface area (Å²) in [7, 11) is 0. The highest BCUT2D eigenvalue weighted by atomic mass is 16.6. The Kier molecular flexibility index (Phi) is 2.49. The molecule has 2 aliphatic heterocycles. The number of hydrogen-bond donors (Lipinski definition) is 0. The molecule has 3 rings (SSSR count). The number of hydrogen-bond acceptors (Lipinski definition) is 3. The average Bonchev–Trinajstić information content (AvgIpc) is 2.83. The number of fused-ring (bicyclic) bond motifs is 2. The van der Waals surface area contributed by atoms with Crippen molar-refractivity contribution in [3.63, 3.8) is 0 Å². The van der Waals surface area contributed by atoms with Crippen LogP contribution in [0.3, 0.4) is 0 Å². The molecule has 3 nitrogen and oxygen atoms in total. The third-order valence-corrected chi connectivity index (χ3v) is 4.13. The van der Waals surface area contributed by atoms with Crippen molar-refractivity contribution in [2.75, 3.05) is 0 Å². The summed E-state index contributed by atoms with van der Waals surface area (Å²) in [5.41, 5.74) is -0.476. The predicted molar refractivity (Wildman–Crippen MR) is 69.5 cm³/mol. The van der Waals surface area contributed by atoms with Gasteiger partial charge < -0.3 is 9.47 Å². The maximum Gasteiger partial charge on any atom is 0.213 e. The Morgan fingerprint density at radius 3 is 2.83 bits per heavy atom. The fourth-order valence-corrected chi connectivity index (χ4v) is 2.83. The Hall–Kier alpha value is -1.35. The van der Waals surface area contributed by atoms with Gasteiger partial charge in [-0.05, 0) is 18.9 Å². The van der Waals surface area contributed by atoms with Crippen molar-refractivity contribution in [2.24, 2.45) is 5.92 Å². The molecular formula is C15H19NO2. The van der Waals surface area contributed by atoms with Gasteiger partial charge in [0.15, 0.2) is 0 Å². The van der Waals surface area contributed by atoms with Gasteiger partial charge in [0.1, 0.15) is 11.7 Å². The molecule has 2 bridgehead atoms. The first-order valence-corrected chi connectivity index (χ1v) is 6.52. The van der Waals surface area contributed by atoms with E-state index < -0.39 is 0 Å². The normalized spacial score (nSPS) is 37.4. The van der Waals surface area contributed by atoms with E-state index in [1.165, 1.54) is 0 Å². The van der Waals surface area contributed by atoms with E-state index >= 15 is 0 Å². The molecule has 1 saturated heterocycles. The molecule has 18 heavy (non-hydrogen) atoms. The van der Waals surface area contributed by atoms with E-state index in [-0.39, 0.29) is 17.3 Å². The van der Waals surface area contributed by atoms with Gasteiger partial charge in [-0.15, -0.1) is 0 Å². The molecule has 0 N–H and O–H groups in total. The summed E-state index contributed by atoms with van der Waals surface area (Å²) >= 11 is 0. The van der Waals surface area contributed by atoms with Gasteiger partial charge in [-0.25, -0.2) is 4.98 Å². The first-order chi connectivity index (χ1) is 8.54. The Morgan fingerprint density at radius 1 is 1.39 bits per heavy atom. The fraction of sp³-hybridized carbons (Fsp3) is 0.533. The summed E-state index contributed by atoms with van der Waals surface area (Å²) in [6, 6.07) is 5.72. The Morgan fingerprint density at radius 2 is 2.22 bits per heavy atom. The monoisotopic (exact) mass is 245 g/mol. The van der Waals surface area contributed by atoms with Crippen LogP contribution in [0.4, 0.5) is 0 Å². The van der Waals surface area contributed by atoms with Crippen LogP contribution in [-0.4, -0.2) is 22.3 Å². The molecule has 0 unspecified atom stereocenters. The van der Waals surface area contributed by atoms with E-state index in [1.807, 2.05) is 18.2 Å². The first-order valence-electron chi connectivity index (χ1n) is 6.52. The zero-order valence-electron chi connectivity index (χ0n) is 11.1. The van der Waals surface area contributed by atoms with Crippen LogP contribution in [-0.2, 0) is 4.74 Å². The lowest BCUT2D eigenvalue weighted by Gasteiger charge is -2.27. The Bertz CT molecular complexity index is 471. The topological polar surface area (TPSA) is 31.4 Å². The van der Waals surface area contributed by atoms with Crippen molar-refractivity contribution < 1.29 is 9.47 Å². The maximum absolute atomic E-state index is 6.23. The summed E-state index contributed by atoms with van der Waals surface area (Å²) in [6.07, 6.45) is 7.04. The van der Waals surface area contributed by atoms with E-state index in [9.17, 15) is 0 Å². The molecule has 96 valence electrons. The second kappa shape index (κ2) is 3.82. The van der Waals surface area contributed by atoms with Gasteiger partial charge in [0.2, 0.25) is 5.88 Å². The van der Waals surface area contributed by atoms with Crippen LogP contribution in [0.25, 0.3) is 0 Å². The lowest BCUT2D eigenvalue weighted by Crippen LogP contribution is -2.38. The molecule has 0 aliphatic carbocycles. The molecule has 1 aromatic heterocycles. The lowest BCUT2D eigenvalue weighted by atomic mass is 9.81. The minimum absolute atomic E-state index is 0.0415. The highest BCUT2D eigenvalue weighted by Gasteiger charge is 2.58. The summed E-state index contributed by atoms with van der Waals surface area (Å²) in [5.74, 6) is 1.13. The first kappa shape index (κ1) is 11.7. The molecule has 0 spiro atoms. The highest BCUT2D eigenvalue weighted by molar-refractivity contribution is 5.28. The number of ether oxygens (including phenoxy) is 2. The molecule has 2 aliphatic rings. The van der Waals surface area contributed by atoms with Crippen LogP contribution < -0.4 is 4.74 Å². The van der Waals surface area contributed by atoms with Crippen molar-refractivity contribution in [3.8, 4) is 5.88 Å². The van der Waals surface area contributed by atoms with Crippen molar-refractivity contribution in [2.45, 2.75) is 44.5 Å². The molecule has 0 saturated carbocycles. The lowest BCUT2D eigenvalue weighted by molar-refractivity contribution is -0.0622. The predicted octanol–water partition coefficient (Wildman–Crippen LogP) is 2.97. The van der Waals surface area contributed by atoms with Crippen LogP contribution in [0.15, 0.2) is 36.5 Å². The van der Waals surface area contributed by atoms with Gasteiger partial charge in [-0.1, -0.05) is 32.1 Å². The van der Waals surface area contributed by atoms with Gasteiger partial charge in [0.25, 0.3) is 0 Å². The number of rotatable bonds is 3. The molecule has 0 aromatic carbocycles. The minimum Gasteiger partial charge on any atom is -0.471 e. The fourth-order valence-electron chi connectivity index (χ4n) is 2.83. The number of nitrogens with zero attached hydrogens (tertiary/aromatic N) is 1. The van der Waals surface area contributed by atoms with Gasteiger partial charge in [-0.3, -0.25) is 0 Å². The second-order valence-electron chi connectivity index (χ2n) is 5.71. The zero-order chi connectivity index (χ0) is 12.8. The molecule has 3 heterocycles. The molecule has 1 aromatic rings. The Labute approximate surface area is 108 Å². The molecule has 0 amide bonds. The maximum atomic E-state index is 6.23. The summed E-state index contributed by atoms with van der Waals surface area (Å²) in [5, 5.41) is 0. The quantitative estimate of drug-likeness (QED) is 0.767. The van der Waals surface area contributed by atoms with Crippen molar-refractivity contribution in [1.82, 2.24) is 4.98 Å². The van der Waals surface area contributed by atoms with Crippen LogP contribution in [0.2, 0.25) is 0 Å². The number of pyridine rings is 1. The van der Waals surface area contributed by atoms with Crippen LogP contribution in [0.1, 0.15) is 27.2 Å². The second-order valence-corrected chi connectivity index (χ2v) is 5.71. The molecule has 1 fully saturated rings. The summed E-state index contributed by atoms with van der Waals surface area (Å²) in [6.45, 7) is 6.48. The van der Waals surface area contributed by atoms with Crippen molar-refractivity contribution in [1.29, 1.82) is 0 Å². The minimum atomic E-state index is -0.318.